The lowest BCUT2D eigenvalue weighted by molar-refractivity contribution is 0.0963. The van der Waals surface area contributed by atoms with E-state index in [2.05, 4.69) is 59.0 Å². The molecule has 1 aliphatic heterocycles. The van der Waals surface area contributed by atoms with Crippen LogP contribution in [-0.2, 0) is 19.5 Å². The van der Waals surface area contributed by atoms with Gasteiger partial charge in [0.1, 0.15) is 0 Å². The average molecular weight is 578 g/mol. The summed E-state index contributed by atoms with van der Waals surface area (Å²) >= 11 is 0. The SMILES string of the molecule is CCNC(=NCc1ccc(CN2CCCCC2C)cc1)NCCc1cccc(C(=O)NC)c1.I. The van der Waals surface area contributed by atoms with E-state index in [4.69, 9.17) is 4.99 Å². The molecule has 0 saturated carbocycles. The van der Waals surface area contributed by atoms with Crippen LogP contribution in [0.3, 0.4) is 0 Å². The second-order valence-electron chi connectivity index (χ2n) is 8.78. The van der Waals surface area contributed by atoms with Gasteiger partial charge in [0.25, 0.3) is 5.91 Å². The molecular weight excluding hydrogens is 537 g/mol. The monoisotopic (exact) mass is 577 g/mol. The summed E-state index contributed by atoms with van der Waals surface area (Å²) in [6, 6.07) is 17.3. The smallest absolute Gasteiger partial charge is 0.251 e. The molecule has 0 bridgehead atoms. The van der Waals surface area contributed by atoms with Crippen molar-refractivity contribution in [1.29, 1.82) is 0 Å². The van der Waals surface area contributed by atoms with Crippen LogP contribution in [0.4, 0.5) is 0 Å². The minimum Gasteiger partial charge on any atom is -0.357 e. The highest BCUT2D eigenvalue weighted by atomic mass is 127. The Kier molecular flexibility index (Phi) is 12.4. The number of aliphatic imine (C=N–C) groups is 1. The highest BCUT2D eigenvalue weighted by Gasteiger charge is 2.17. The first-order chi connectivity index (χ1) is 16.1. The Bertz CT molecular complexity index is 915. The number of nitrogens with one attached hydrogen (secondary N) is 3. The molecule has 2 aromatic rings. The zero-order chi connectivity index (χ0) is 23.5. The number of nitrogens with zero attached hydrogens (tertiary/aromatic N) is 2. The van der Waals surface area contributed by atoms with Gasteiger partial charge in [0.15, 0.2) is 5.96 Å². The van der Waals surface area contributed by atoms with Crippen molar-refractivity contribution in [2.45, 2.75) is 58.7 Å². The number of rotatable bonds is 9. The number of amides is 1. The molecule has 0 aliphatic carbocycles. The molecule has 1 amide bonds. The first kappa shape index (κ1) is 28.1. The molecule has 1 fully saturated rings. The van der Waals surface area contributed by atoms with Gasteiger partial charge >= 0.3 is 0 Å². The maximum absolute atomic E-state index is 11.8. The third-order valence-corrected chi connectivity index (χ3v) is 6.24. The van der Waals surface area contributed by atoms with Crippen LogP contribution in [0.1, 0.15) is 60.2 Å². The number of piperidine rings is 1. The minimum absolute atomic E-state index is 0. The Labute approximate surface area is 222 Å². The maximum Gasteiger partial charge on any atom is 0.251 e. The number of benzene rings is 2. The minimum atomic E-state index is -0.0591. The van der Waals surface area contributed by atoms with Crippen LogP contribution in [0.2, 0.25) is 0 Å². The maximum atomic E-state index is 11.8. The van der Waals surface area contributed by atoms with Crippen molar-refractivity contribution in [2.75, 3.05) is 26.7 Å². The summed E-state index contributed by atoms with van der Waals surface area (Å²) in [5, 5.41) is 9.39. The number of likely N-dealkylation sites (tertiary alicyclic amines) is 1. The van der Waals surface area contributed by atoms with Crippen molar-refractivity contribution >= 4 is 35.8 Å². The number of carbonyl (C=O) groups excluding carboxylic acids is 1. The van der Waals surface area contributed by atoms with E-state index in [1.807, 2.05) is 24.3 Å². The molecule has 186 valence electrons. The van der Waals surface area contributed by atoms with Gasteiger partial charge < -0.3 is 16.0 Å². The Morgan fingerprint density at radius 3 is 2.53 bits per heavy atom. The van der Waals surface area contributed by atoms with Crippen LogP contribution >= 0.6 is 24.0 Å². The molecule has 3 N–H and O–H groups in total. The molecule has 1 aliphatic rings. The van der Waals surface area contributed by atoms with Gasteiger partial charge in [0.2, 0.25) is 0 Å². The third-order valence-electron chi connectivity index (χ3n) is 6.24. The molecule has 1 atom stereocenters. The average Bonchev–Trinajstić information content (AvgIpc) is 2.84. The standard InChI is InChI=1S/C27H39N5O.HI/c1-4-29-27(30-16-15-22-9-7-10-25(18-22)26(33)28-3)31-19-23-11-13-24(14-12-23)20-32-17-6-5-8-21(32)2;/h7,9-14,18,21H,4-6,8,15-17,19-20H2,1-3H3,(H,28,33)(H2,29,30,31);1H. The van der Waals surface area contributed by atoms with E-state index in [0.717, 1.165) is 37.6 Å². The quantitative estimate of drug-likeness (QED) is 0.236. The number of hydrogen-bond donors (Lipinski definition) is 3. The molecule has 34 heavy (non-hydrogen) atoms. The molecule has 7 heteroatoms. The first-order valence-corrected chi connectivity index (χ1v) is 12.2. The molecule has 1 heterocycles. The summed E-state index contributed by atoms with van der Waals surface area (Å²) in [7, 11) is 1.65. The van der Waals surface area contributed by atoms with Gasteiger partial charge in [-0.3, -0.25) is 9.69 Å². The van der Waals surface area contributed by atoms with Gasteiger partial charge in [-0.1, -0.05) is 42.8 Å². The first-order valence-electron chi connectivity index (χ1n) is 12.2. The summed E-state index contributed by atoms with van der Waals surface area (Å²) < 4.78 is 0. The van der Waals surface area contributed by atoms with Gasteiger partial charge in [-0.25, -0.2) is 4.99 Å². The second-order valence-corrected chi connectivity index (χ2v) is 8.78. The molecule has 0 spiro atoms. The summed E-state index contributed by atoms with van der Waals surface area (Å²) in [6.45, 7) is 8.86. The Morgan fingerprint density at radius 2 is 1.82 bits per heavy atom. The van der Waals surface area contributed by atoms with Crippen LogP contribution in [0, 0.1) is 0 Å². The largest absolute Gasteiger partial charge is 0.357 e. The number of guanidine groups is 1. The fraction of sp³-hybridized carbons (Fsp3) is 0.481. The van der Waals surface area contributed by atoms with E-state index >= 15 is 0 Å². The lowest BCUT2D eigenvalue weighted by Gasteiger charge is -2.33. The normalized spacial score (nSPS) is 16.4. The van der Waals surface area contributed by atoms with E-state index in [1.165, 1.54) is 36.9 Å². The van der Waals surface area contributed by atoms with Crippen LogP contribution in [0.15, 0.2) is 53.5 Å². The van der Waals surface area contributed by atoms with Crippen molar-refractivity contribution in [3.8, 4) is 0 Å². The van der Waals surface area contributed by atoms with E-state index in [1.54, 1.807) is 7.05 Å². The molecule has 0 radical (unpaired) electrons. The lowest BCUT2D eigenvalue weighted by atomic mass is 10.0. The van der Waals surface area contributed by atoms with Gasteiger partial charge in [-0.15, -0.1) is 24.0 Å². The van der Waals surface area contributed by atoms with Crippen molar-refractivity contribution < 1.29 is 4.79 Å². The van der Waals surface area contributed by atoms with Crippen LogP contribution in [0.25, 0.3) is 0 Å². The molecular formula is C27H40IN5O. The lowest BCUT2D eigenvalue weighted by Crippen LogP contribution is -2.38. The van der Waals surface area contributed by atoms with Crippen molar-refractivity contribution in [1.82, 2.24) is 20.9 Å². The fourth-order valence-electron chi connectivity index (χ4n) is 4.23. The topological polar surface area (TPSA) is 68.8 Å². The molecule has 6 nitrogen and oxygen atoms in total. The third kappa shape index (κ3) is 8.91. The predicted molar refractivity (Wildman–Crippen MR) is 152 cm³/mol. The second kappa shape index (κ2) is 15.0. The number of halogens is 1. The van der Waals surface area contributed by atoms with Crippen LogP contribution < -0.4 is 16.0 Å². The number of carbonyl (C=O) groups is 1. The van der Waals surface area contributed by atoms with E-state index in [-0.39, 0.29) is 29.9 Å². The fourth-order valence-corrected chi connectivity index (χ4v) is 4.23. The summed E-state index contributed by atoms with van der Waals surface area (Å²) in [6.07, 6.45) is 4.81. The predicted octanol–water partition coefficient (Wildman–Crippen LogP) is 4.34. The zero-order valence-electron chi connectivity index (χ0n) is 20.8. The Hall–Kier alpha value is -2.13. The van der Waals surface area contributed by atoms with Crippen LogP contribution in [0.5, 0.6) is 0 Å². The highest BCUT2D eigenvalue weighted by Crippen LogP contribution is 2.19. The van der Waals surface area contributed by atoms with Gasteiger partial charge in [0.05, 0.1) is 6.54 Å². The summed E-state index contributed by atoms with van der Waals surface area (Å²) in [5.41, 5.74) is 4.40. The molecule has 1 unspecified atom stereocenters. The van der Waals surface area contributed by atoms with Gasteiger partial charge in [-0.2, -0.15) is 0 Å². The summed E-state index contributed by atoms with van der Waals surface area (Å²) in [4.78, 5) is 19.2. The van der Waals surface area contributed by atoms with Crippen LogP contribution in [-0.4, -0.2) is 49.5 Å². The Balaban J connectivity index is 0.00000408. The van der Waals surface area contributed by atoms with Crippen molar-refractivity contribution in [2.24, 2.45) is 4.99 Å². The van der Waals surface area contributed by atoms with E-state index in [0.29, 0.717) is 18.2 Å². The van der Waals surface area contributed by atoms with Crippen molar-refractivity contribution in [3.05, 3.63) is 70.8 Å². The molecule has 0 aromatic heterocycles. The number of hydrogen-bond acceptors (Lipinski definition) is 3. The van der Waals surface area contributed by atoms with Gasteiger partial charge in [0, 0.05) is 38.3 Å². The van der Waals surface area contributed by atoms with E-state index in [9.17, 15) is 4.79 Å². The molecule has 1 saturated heterocycles. The van der Waals surface area contributed by atoms with E-state index < -0.39 is 0 Å². The highest BCUT2D eigenvalue weighted by molar-refractivity contribution is 14.0. The molecule has 2 aromatic carbocycles. The Morgan fingerprint density at radius 1 is 1.06 bits per heavy atom. The summed E-state index contributed by atoms with van der Waals surface area (Å²) in [5.74, 6) is 0.752. The van der Waals surface area contributed by atoms with Gasteiger partial charge in [-0.05, 0) is 68.5 Å². The molecule has 3 rings (SSSR count). The van der Waals surface area contributed by atoms with Crippen molar-refractivity contribution in [3.63, 3.8) is 0 Å². The zero-order valence-corrected chi connectivity index (χ0v) is 23.1.